The summed E-state index contributed by atoms with van der Waals surface area (Å²) in [5, 5.41) is 10.9. The monoisotopic (exact) mass is 512 g/mol. The molecule has 9 atom stereocenters. The van der Waals surface area contributed by atoms with Crippen molar-refractivity contribution in [2.45, 2.75) is 132 Å². The van der Waals surface area contributed by atoms with Gasteiger partial charge >= 0.3 is 5.97 Å². The normalized spacial score (nSPS) is 50.8. The molecule has 0 aromatic heterocycles. The third-order valence-electron chi connectivity index (χ3n) is 13.4. The van der Waals surface area contributed by atoms with Gasteiger partial charge in [0.2, 0.25) is 0 Å². The van der Waals surface area contributed by atoms with Gasteiger partial charge in [-0.2, -0.15) is 0 Å². The highest BCUT2D eigenvalue weighted by Gasteiger charge is 2.70. The lowest BCUT2D eigenvalue weighted by Crippen LogP contribution is -2.66. The molecule has 1 N–H and O–H groups in total. The standard InChI is InChI=1S/C33H52O4/c1-20(2)37-27(36)30(6)15-14-29(5)16-17-32(8)21(22(29)19-30)18-23(34)26-31(7)12-11-25(35)28(3,4)24(31)10-13-33(26,32)9/h18,20,22,24-26,35H,10-17,19H2,1-9H3/t22-,24-,25-,26+,29+,30-,31-,32+,33+/m0/s1. The van der Waals surface area contributed by atoms with Crippen LogP contribution in [0.5, 0.6) is 0 Å². The number of fused-ring (bicyclic) bond motifs is 7. The lowest BCUT2D eigenvalue weighted by molar-refractivity contribution is -0.202. The predicted octanol–water partition coefficient (Wildman–Crippen LogP) is 7.28. The van der Waals surface area contributed by atoms with Crippen molar-refractivity contribution in [1.29, 1.82) is 0 Å². The van der Waals surface area contributed by atoms with E-state index in [0.29, 0.717) is 11.7 Å². The molecule has 4 nitrogen and oxygen atoms in total. The Balaban J connectivity index is 1.57. The zero-order valence-corrected chi connectivity index (χ0v) is 25.0. The minimum absolute atomic E-state index is 0.00971. The van der Waals surface area contributed by atoms with Gasteiger partial charge in [0.15, 0.2) is 5.78 Å². The molecule has 0 heterocycles. The van der Waals surface area contributed by atoms with Crippen LogP contribution in [0.3, 0.4) is 0 Å². The molecule has 208 valence electrons. The summed E-state index contributed by atoms with van der Waals surface area (Å²) < 4.78 is 5.75. The number of carbonyl (C=O) groups excluding carboxylic acids is 2. The summed E-state index contributed by atoms with van der Waals surface area (Å²) in [5.41, 5.74) is 0.542. The van der Waals surface area contributed by atoms with Gasteiger partial charge in [-0.25, -0.2) is 0 Å². The molecule has 0 spiro atoms. The number of aliphatic hydroxyl groups excluding tert-OH is 1. The van der Waals surface area contributed by atoms with Crippen molar-refractivity contribution >= 4 is 11.8 Å². The van der Waals surface area contributed by atoms with Crippen LogP contribution in [0.15, 0.2) is 11.6 Å². The average Bonchev–Trinajstić information content (AvgIpc) is 2.78. The van der Waals surface area contributed by atoms with Crippen LogP contribution in [0.4, 0.5) is 0 Å². The highest BCUT2D eigenvalue weighted by molar-refractivity contribution is 5.95. The molecule has 0 saturated heterocycles. The van der Waals surface area contributed by atoms with Crippen molar-refractivity contribution in [2.75, 3.05) is 0 Å². The summed E-state index contributed by atoms with van der Waals surface area (Å²) in [6.07, 6.45) is 10.4. The van der Waals surface area contributed by atoms with E-state index in [1.54, 1.807) is 0 Å². The fourth-order valence-electron chi connectivity index (χ4n) is 10.7. The fraction of sp³-hybridized carbons (Fsp3) is 0.879. The molecule has 0 aromatic carbocycles. The van der Waals surface area contributed by atoms with E-state index in [1.165, 1.54) is 5.57 Å². The van der Waals surface area contributed by atoms with Gasteiger partial charge in [0, 0.05) is 5.92 Å². The number of hydrogen-bond acceptors (Lipinski definition) is 4. The molecule has 0 amide bonds. The van der Waals surface area contributed by atoms with Crippen molar-refractivity contribution in [3.8, 4) is 0 Å². The summed E-state index contributed by atoms with van der Waals surface area (Å²) in [6, 6.07) is 0. The first kappa shape index (κ1) is 27.4. The van der Waals surface area contributed by atoms with Gasteiger partial charge in [-0.05, 0) is 124 Å². The molecular formula is C33H52O4. The van der Waals surface area contributed by atoms with E-state index in [9.17, 15) is 14.7 Å². The second kappa shape index (κ2) is 8.18. The van der Waals surface area contributed by atoms with Gasteiger partial charge in [0.05, 0.1) is 17.6 Å². The maximum atomic E-state index is 14.4. The van der Waals surface area contributed by atoms with E-state index >= 15 is 0 Å². The van der Waals surface area contributed by atoms with Crippen LogP contribution in [-0.2, 0) is 14.3 Å². The molecule has 4 saturated carbocycles. The van der Waals surface area contributed by atoms with Gasteiger partial charge in [-0.15, -0.1) is 0 Å². The summed E-state index contributed by atoms with van der Waals surface area (Å²) >= 11 is 0. The molecule has 37 heavy (non-hydrogen) atoms. The molecule has 4 heteroatoms. The second-order valence-electron chi connectivity index (χ2n) is 16.1. The predicted molar refractivity (Wildman–Crippen MR) is 147 cm³/mol. The summed E-state index contributed by atoms with van der Waals surface area (Å²) in [6.45, 7) is 20.1. The topological polar surface area (TPSA) is 63.6 Å². The first-order chi connectivity index (χ1) is 16.9. The van der Waals surface area contributed by atoms with Gasteiger partial charge in [0.25, 0.3) is 0 Å². The fourth-order valence-corrected chi connectivity index (χ4v) is 10.7. The van der Waals surface area contributed by atoms with E-state index < -0.39 is 5.41 Å². The first-order valence-corrected chi connectivity index (χ1v) is 15.1. The lowest BCUT2D eigenvalue weighted by atomic mass is 9.33. The lowest BCUT2D eigenvalue weighted by Gasteiger charge is -2.70. The number of ketones is 1. The third-order valence-corrected chi connectivity index (χ3v) is 13.4. The Morgan fingerprint density at radius 1 is 0.946 bits per heavy atom. The molecule has 0 aromatic rings. The van der Waals surface area contributed by atoms with Crippen LogP contribution in [0.1, 0.15) is 120 Å². The Kier molecular flexibility index (Phi) is 6.06. The number of allylic oxidation sites excluding steroid dienone is 2. The number of hydrogen-bond donors (Lipinski definition) is 1. The Bertz CT molecular complexity index is 1030. The molecule has 0 bridgehead atoms. The van der Waals surface area contributed by atoms with Crippen LogP contribution < -0.4 is 0 Å². The van der Waals surface area contributed by atoms with E-state index in [-0.39, 0.29) is 57.1 Å². The molecule has 4 fully saturated rings. The highest BCUT2D eigenvalue weighted by atomic mass is 16.5. The molecule has 0 aliphatic heterocycles. The Morgan fingerprint density at radius 2 is 1.59 bits per heavy atom. The Hall–Kier alpha value is -1.16. The van der Waals surface area contributed by atoms with E-state index in [4.69, 9.17) is 4.74 Å². The highest BCUT2D eigenvalue weighted by Crippen LogP contribution is 2.75. The minimum Gasteiger partial charge on any atom is -0.463 e. The van der Waals surface area contributed by atoms with Crippen molar-refractivity contribution in [3.05, 3.63) is 11.6 Å². The van der Waals surface area contributed by atoms with Gasteiger partial charge < -0.3 is 9.84 Å². The molecule has 5 aliphatic carbocycles. The molecule has 0 unspecified atom stereocenters. The summed E-state index contributed by atoms with van der Waals surface area (Å²) in [7, 11) is 0. The zero-order chi connectivity index (χ0) is 27.4. The molecule has 0 radical (unpaired) electrons. The van der Waals surface area contributed by atoms with Crippen molar-refractivity contribution in [3.63, 3.8) is 0 Å². The summed E-state index contributed by atoms with van der Waals surface area (Å²) in [5.74, 6) is 0.823. The van der Waals surface area contributed by atoms with Crippen LogP contribution in [0.2, 0.25) is 0 Å². The van der Waals surface area contributed by atoms with Crippen LogP contribution in [0.25, 0.3) is 0 Å². The van der Waals surface area contributed by atoms with Crippen LogP contribution in [-0.4, -0.2) is 29.1 Å². The number of rotatable bonds is 2. The number of esters is 1. The molecular weight excluding hydrogens is 460 g/mol. The minimum atomic E-state index is -0.499. The Labute approximate surface area is 225 Å². The zero-order valence-electron chi connectivity index (χ0n) is 25.0. The van der Waals surface area contributed by atoms with Crippen LogP contribution >= 0.6 is 0 Å². The van der Waals surface area contributed by atoms with Gasteiger partial charge in [0.1, 0.15) is 0 Å². The first-order valence-electron chi connectivity index (χ1n) is 15.1. The number of ether oxygens (including phenoxy) is 1. The molecule has 5 rings (SSSR count). The Morgan fingerprint density at radius 3 is 2.24 bits per heavy atom. The van der Waals surface area contributed by atoms with E-state index in [1.807, 2.05) is 13.8 Å². The largest absolute Gasteiger partial charge is 0.463 e. The second-order valence-corrected chi connectivity index (χ2v) is 16.1. The van der Waals surface area contributed by atoms with E-state index in [2.05, 4.69) is 54.5 Å². The van der Waals surface area contributed by atoms with Gasteiger partial charge in [-0.1, -0.05) is 47.1 Å². The van der Waals surface area contributed by atoms with Crippen molar-refractivity contribution in [2.24, 2.45) is 50.2 Å². The van der Waals surface area contributed by atoms with Crippen molar-refractivity contribution in [1.82, 2.24) is 0 Å². The maximum Gasteiger partial charge on any atom is 0.312 e. The number of carbonyl (C=O) groups is 2. The average molecular weight is 513 g/mol. The van der Waals surface area contributed by atoms with Crippen molar-refractivity contribution < 1.29 is 19.4 Å². The maximum absolute atomic E-state index is 14.4. The SMILES string of the molecule is CC(C)OC(=O)[C@@]1(C)CC[C@]2(C)CC[C@]3(C)C(=CC(=O)[C@@H]4[C@@]5(C)CC[C@H](O)C(C)(C)[C@@H]5CC[C@]43C)[C@@H]2C1. The molecule has 5 aliphatic rings. The third kappa shape index (κ3) is 3.55. The van der Waals surface area contributed by atoms with Gasteiger partial charge in [-0.3, -0.25) is 9.59 Å². The summed E-state index contributed by atoms with van der Waals surface area (Å²) in [4.78, 5) is 27.6. The smallest absolute Gasteiger partial charge is 0.312 e. The number of aliphatic hydroxyl groups is 1. The van der Waals surface area contributed by atoms with E-state index in [0.717, 1.165) is 57.8 Å². The van der Waals surface area contributed by atoms with Crippen LogP contribution in [0, 0.1) is 50.2 Å². The quantitative estimate of drug-likeness (QED) is 0.395.